The van der Waals surface area contributed by atoms with Crippen molar-refractivity contribution < 1.29 is 41.0 Å². The van der Waals surface area contributed by atoms with Gasteiger partial charge in [-0.25, -0.2) is 0 Å². The number of aldehydes is 1. The largest absolute Gasteiger partial charge is 0.481 e. The Labute approximate surface area is 156 Å². The Morgan fingerprint density at radius 2 is 1.25 bits per heavy atom. The lowest BCUT2D eigenvalue weighted by Gasteiger charge is -2.07. The van der Waals surface area contributed by atoms with Crippen LogP contribution in [0.15, 0.2) is 48.5 Å². The van der Waals surface area contributed by atoms with Gasteiger partial charge in [0.05, 0.1) is 11.1 Å². The van der Waals surface area contributed by atoms with Gasteiger partial charge < -0.3 is 5.11 Å². The third-order valence-corrected chi connectivity index (χ3v) is 3.51. The van der Waals surface area contributed by atoms with Gasteiger partial charge in [0.1, 0.15) is 6.29 Å². The van der Waals surface area contributed by atoms with Crippen LogP contribution in [0.25, 0.3) is 0 Å². The highest BCUT2D eigenvalue weighted by atomic mass is 19.4. The number of carbonyl (C=O) groups excluding carboxylic acids is 1. The van der Waals surface area contributed by atoms with E-state index in [1.54, 1.807) is 0 Å². The van der Waals surface area contributed by atoms with Crippen molar-refractivity contribution >= 4 is 12.3 Å². The van der Waals surface area contributed by atoms with E-state index in [1.165, 1.54) is 12.1 Å². The zero-order valence-corrected chi connectivity index (χ0v) is 14.3. The molecule has 0 spiro atoms. The molecule has 9 heteroatoms. The molecule has 0 bridgehead atoms. The van der Waals surface area contributed by atoms with Gasteiger partial charge in [0, 0.05) is 12.0 Å². The van der Waals surface area contributed by atoms with Gasteiger partial charge in [-0.2, -0.15) is 26.3 Å². The first kappa shape index (κ1) is 23.2. The summed E-state index contributed by atoms with van der Waals surface area (Å²) in [5.74, 6) is -0.896. The molecule has 2 rings (SSSR count). The van der Waals surface area contributed by atoms with Crippen molar-refractivity contribution in [1.82, 2.24) is 0 Å². The van der Waals surface area contributed by atoms with E-state index in [1.807, 2.05) is 0 Å². The number of halogens is 6. The van der Waals surface area contributed by atoms with Gasteiger partial charge in [0.25, 0.3) is 0 Å². The van der Waals surface area contributed by atoms with Crippen LogP contribution in [0.1, 0.15) is 39.9 Å². The number of hydrogen-bond acceptors (Lipinski definition) is 2. The number of aliphatic carboxylic acids is 1. The summed E-state index contributed by atoms with van der Waals surface area (Å²) in [6.45, 7) is 0. The molecule has 0 fully saturated rings. The fraction of sp³-hybridized carbons (Fsp3) is 0.263. The third-order valence-electron chi connectivity index (χ3n) is 3.51. The van der Waals surface area contributed by atoms with Crippen LogP contribution in [0, 0.1) is 0 Å². The van der Waals surface area contributed by atoms with E-state index in [9.17, 15) is 35.9 Å². The molecule has 0 saturated carbocycles. The molecule has 0 heterocycles. The van der Waals surface area contributed by atoms with E-state index in [-0.39, 0.29) is 12.0 Å². The maximum absolute atomic E-state index is 12.2. The fourth-order valence-electron chi connectivity index (χ4n) is 2.05. The molecule has 0 saturated heterocycles. The van der Waals surface area contributed by atoms with Crippen LogP contribution in [-0.4, -0.2) is 17.4 Å². The lowest BCUT2D eigenvalue weighted by Crippen LogP contribution is -2.04. The predicted molar refractivity (Wildman–Crippen MR) is 88.8 cm³/mol. The molecule has 0 atom stereocenters. The second-order valence-corrected chi connectivity index (χ2v) is 5.68. The molecule has 152 valence electrons. The number of carboxylic acid groups (broad SMARTS) is 1. The summed E-state index contributed by atoms with van der Waals surface area (Å²) < 4.78 is 72.4. The zero-order chi connectivity index (χ0) is 21.4. The Kier molecular flexibility index (Phi) is 8.21. The molecule has 1 N–H and O–H groups in total. The van der Waals surface area contributed by atoms with E-state index >= 15 is 0 Å². The molecule has 2 aromatic rings. The number of carboxylic acids is 1. The van der Waals surface area contributed by atoms with E-state index in [0.717, 1.165) is 36.4 Å². The number of carbonyl (C=O) groups is 2. The SMILES string of the molecule is O=C(O)CCCc1ccc(C(F)(F)F)cc1.O=Cc1ccc(C(F)(F)F)cc1. The summed E-state index contributed by atoms with van der Waals surface area (Å²) in [5.41, 5.74) is -0.472. The van der Waals surface area contributed by atoms with Crippen molar-refractivity contribution in [2.45, 2.75) is 31.6 Å². The molecular formula is C19H16F6O3. The topological polar surface area (TPSA) is 54.4 Å². The van der Waals surface area contributed by atoms with Crippen LogP contribution in [0.5, 0.6) is 0 Å². The van der Waals surface area contributed by atoms with Crippen LogP contribution in [0.4, 0.5) is 26.3 Å². The summed E-state index contributed by atoms with van der Waals surface area (Å²) in [6, 6.07) is 8.81. The van der Waals surface area contributed by atoms with Gasteiger partial charge in [-0.15, -0.1) is 0 Å². The molecule has 0 aromatic heterocycles. The van der Waals surface area contributed by atoms with Crippen molar-refractivity contribution in [1.29, 1.82) is 0 Å². The monoisotopic (exact) mass is 406 g/mol. The van der Waals surface area contributed by atoms with Gasteiger partial charge >= 0.3 is 18.3 Å². The van der Waals surface area contributed by atoms with Crippen LogP contribution in [-0.2, 0) is 23.6 Å². The summed E-state index contributed by atoms with van der Waals surface area (Å²) in [7, 11) is 0. The number of aryl methyl sites for hydroxylation is 1. The van der Waals surface area contributed by atoms with Gasteiger partial charge in [0.2, 0.25) is 0 Å². The quantitative estimate of drug-likeness (QED) is 0.517. The first-order valence-electron chi connectivity index (χ1n) is 7.94. The maximum atomic E-state index is 12.2. The number of alkyl halides is 6. The van der Waals surface area contributed by atoms with Crippen LogP contribution >= 0.6 is 0 Å². The molecule has 28 heavy (non-hydrogen) atoms. The maximum Gasteiger partial charge on any atom is 0.416 e. The Bertz CT molecular complexity index is 762. The molecule has 3 nitrogen and oxygen atoms in total. The Balaban J connectivity index is 0.000000292. The summed E-state index contributed by atoms with van der Waals surface area (Å²) in [5, 5.41) is 8.39. The molecule has 0 aliphatic heterocycles. The minimum atomic E-state index is -4.33. The lowest BCUT2D eigenvalue weighted by atomic mass is 10.1. The molecule has 0 unspecified atom stereocenters. The number of rotatable bonds is 5. The number of benzene rings is 2. The van der Waals surface area contributed by atoms with Gasteiger partial charge in [-0.05, 0) is 42.7 Å². The number of hydrogen-bond donors (Lipinski definition) is 1. The first-order valence-corrected chi connectivity index (χ1v) is 7.94. The van der Waals surface area contributed by atoms with E-state index in [4.69, 9.17) is 5.11 Å². The van der Waals surface area contributed by atoms with Crippen molar-refractivity contribution in [3.05, 3.63) is 70.8 Å². The highest BCUT2D eigenvalue weighted by molar-refractivity contribution is 5.74. The fourth-order valence-corrected chi connectivity index (χ4v) is 2.05. The van der Waals surface area contributed by atoms with Crippen molar-refractivity contribution in [3.63, 3.8) is 0 Å². The second kappa shape index (κ2) is 9.91. The van der Waals surface area contributed by atoms with Crippen molar-refractivity contribution in [2.75, 3.05) is 0 Å². The van der Waals surface area contributed by atoms with Gasteiger partial charge in [-0.3, -0.25) is 9.59 Å². The molecule has 2 aromatic carbocycles. The minimum absolute atomic E-state index is 0.0288. The first-order chi connectivity index (χ1) is 12.9. The summed E-state index contributed by atoms with van der Waals surface area (Å²) in [6.07, 6.45) is -7.21. The Morgan fingerprint density at radius 3 is 1.61 bits per heavy atom. The standard InChI is InChI=1S/C11H11F3O2.C8H5F3O/c12-11(13,14)9-6-4-8(5-7-9)2-1-3-10(15)16;9-8(10,11)7-3-1-6(5-12)2-4-7/h4-7H,1-3H2,(H,15,16);1-5H. The highest BCUT2D eigenvalue weighted by Gasteiger charge is 2.30. The van der Waals surface area contributed by atoms with Crippen molar-refractivity contribution in [3.8, 4) is 0 Å². The smallest absolute Gasteiger partial charge is 0.416 e. The normalized spacial score (nSPS) is 11.4. The van der Waals surface area contributed by atoms with Crippen LogP contribution in [0.2, 0.25) is 0 Å². The van der Waals surface area contributed by atoms with E-state index in [2.05, 4.69) is 0 Å². The average molecular weight is 406 g/mol. The predicted octanol–water partition coefficient (Wildman–Crippen LogP) is 5.63. The van der Waals surface area contributed by atoms with Crippen LogP contribution < -0.4 is 0 Å². The van der Waals surface area contributed by atoms with Crippen molar-refractivity contribution in [2.24, 2.45) is 0 Å². The minimum Gasteiger partial charge on any atom is -0.481 e. The Morgan fingerprint density at radius 1 is 0.821 bits per heavy atom. The second-order valence-electron chi connectivity index (χ2n) is 5.68. The molecule has 0 aliphatic rings. The molecule has 0 radical (unpaired) electrons. The highest BCUT2D eigenvalue weighted by Crippen LogP contribution is 2.29. The van der Waals surface area contributed by atoms with Gasteiger partial charge in [0.15, 0.2) is 0 Å². The van der Waals surface area contributed by atoms with Gasteiger partial charge in [-0.1, -0.05) is 24.3 Å². The summed E-state index contributed by atoms with van der Waals surface area (Å²) >= 11 is 0. The Hall–Kier alpha value is -2.84. The third kappa shape index (κ3) is 8.24. The zero-order valence-electron chi connectivity index (χ0n) is 14.3. The molecular weight excluding hydrogens is 390 g/mol. The van der Waals surface area contributed by atoms with E-state index < -0.39 is 29.4 Å². The summed E-state index contributed by atoms with van der Waals surface area (Å²) in [4.78, 5) is 20.3. The lowest BCUT2D eigenvalue weighted by molar-refractivity contribution is -0.138. The van der Waals surface area contributed by atoms with Crippen LogP contribution in [0.3, 0.4) is 0 Å². The molecule has 0 aliphatic carbocycles. The molecule has 0 amide bonds. The average Bonchev–Trinajstić information content (AvgIpc) is 2.61. The van der Waals surface area contributed by atoms with E-state index in [0.29, 0.717) is 24.7 Å².